The number of carboxylic acids is 1. The molecule has 0 aliphatic heterocycles. The summed E-state index contributed by atoms with van der Waals surface area (Å²) in [5.41, 5.74) is 0. The monoisotopic (exact) mass is 180 g/mol. The molecule has 0 radical (unpaired) electrons. The Bertz CT molecular complexity index is 106. The second kappa shape index (κ2) is 2.81. The quantitative estimate of drug-likeness (QED) is 0.496. The van der Waals surface area contributed by atoms with Crippen molar-refractivity contribution >= 4 is 27.7 Å². The lowest BCUT2D eigenvalue weighted by Gasteiger charge is -1.94. The highest BCUT2D eigenvalue weighted by Crippen LogP contribution is 1.98. The van der Waals surface area contributed by atoms with Gasteiger partial charge in [-0.1, -0.05) is 15.9 Å². The van der Waals surface area contributed by atoms with Crippen LogP contribution in [0.3, 0.4) is 0 Å². The summed E-state index contributed by atoms with van der Waals surface area (Å²) in [4.78, 5) is 19.0. The molecule has 4 heteroatoms. The highest BCUT2D eigenvalue weighted by atomic mass is 79.9. The number of rotatable bonds is 2. The van der Waals surface area contributed by atoms with Gasteiger partial charge in [0.2, 0.25) is 0 Å². The molecule has 1 N–H and O–H groups in total. The molecule has 0 saturated carbocycles. The SMILES string of the molecule is CC(=O)C(Br)C(=O)O. The molecule has 1 atom stereocenters. The van der Waals surface area contributed by atoms with E-state index in [2.05, 4.69) is 15.9 Å². The molecule has 0 aromatic carbocycles. The lowest BCUT2D eigenvalue weighted by molar-refractivity contribution is -0.138. The molecule has 1 unspecified atom stereocenters. The molecule has 0 aromatic heterocycles. The molecule has 0 fully saturated rings. The molecular formula is C4H5BrO3. The molecule has 0 bridgehead atoms. The summed E-state index contributed by atoms with van der Waals surface area (Å²) in [5.74, 6) is -1.53. The third-order valence-corrected chi connectivity index (χ3v) is 1.61. The molecule has 0 spiro atoms. The van der Waals surface area contributed by atoms with Crippen LogP contribution in [-0.2, 0) is 9.59 Å². The van der Waals surface area contributed by atoms with Crippen molar-refractivity contribution in [2.45, 2.75) is 11.8 Å². The average Bonchev–Trinajstić information content (AvgIpc) is 1.64. The zero-order valence-electron chi connectivity index (χ0n) is 4.22. The number of halogens is 1. The van der Waals surface area contributed by atoms with Crippen molar-refractivity contribution in [1.29, 1.82) is 0 Å². The first kappa shape index (κ1) is 7.62. The second-order valence-corrected chi connectivity index (χ2v) is 2.23. The smallest absolute Gasteiger partial charge is 0.324 e. The summed E-state index contributed by atoms with van der Waals surface area (Å²) in [6.07, 6.45) is 0. The van der Waals surface area contributed by atoms with Gasteiger partial charge in [0.1, 0.15) is 0 Å². The number of carboxylic acid groups (broad SMARTS) is 1. The molecule has 0 aliphatic rings. The third kappa shape index (κ3) is 2.07. The number of carbonyl (C=O) groups excluding carboxylic acids is 1. The summed E-state index contributed by atoms with van der Waals surface area (Å²) in [5, 5.41) is 8.08. The molecule has 0 aromatic rings. The van der Waals surface area contributed by atoms with Crippen molar-refractivity contribution in [3.8, 4) is 0 Å². The van der Waals surface area contributed by atoms with Gasteiger partial charge in [0.25, 0.3) is 0 Å². The van der Waals surface area contributed by atoms with Crippen LogP contribution in [0.4, 0.5) is 0 Å². The number of hydrogen-bond acceptors (Lipinski definition) is 2. The molecule has 3 nitrogen and oxygen atoms in total. The van der Waals surface area contributed by atoms with Crippen LogP contribution in [0.25, 0.3) is 0 Å². The van der Waals surface area contributed by atoms with Crippen LogP contribution in [0.2, 0.25) is 0 Å². The van der Waals surface area contributed by atoms with Crippen LogP contribution < -0.4 is 0 Å². The van der Waals surface area contributed by atoms with Gasteiger partial charge in [0, 0.05) is 0 Å². The van der Waals surface area contributed by atoms with Crippen LogP contribution in [0.15, 0.2) is 0 Å². The summed E-state index contributed by atoms with van der Waals surface area (Å²) in [7, 11) is 0. The molecule has 0 amide bonds. The van der Waals surface area contributed by atoms with E-state index in [1.807, 2.05) is 0 Å². The Labute approximate surface area is 54.8 Å². The fraction of sp³-hybridized carbons (Fsp3) is 0.500. The first-order valence-corrected chi connectivity index (χ1v) is 2.84. The molecular weight excluding hydrogens is 176 g/mol. The van der Waals surface area contributed by atoms with E-state index < -0.39 is 16.6 Å². The third-order valence-electron chi connectivity index (χ3n) is 0.574. The van der Waals surface area contributed by atoms with E-state index in [0.29, 0.717) is 0 Å². The Morgan fingerprint density at radius 3 is 2.00 bits per heavy atom. The van der Waals surface area contributed by atoms with Gasteiger partial charge in [-0.2, -0.15) is 0 Å². The van der Waals surface area contributed by atoms with Crippen molar-refractivity contribution in [3.63, 3.8) is 0 Å². The zero-order valence-corrected chi connectivity index (χ0v) is 5.81. The zero-order chi connectivity index (χ0) is 6.73. The largest absolute Gasteiger partial charge is 0.480 e. The van der Waals surface area contributed by atoms with Gasteiger partial charge in [-0.25, -0.2) is 0 Å². The Balaban J connectivity index is 3.83. The summed E-state index contributed by atoms with van der Waals surface area (Å²) >= 11 is 2.66. The van der Waals surface area contributed by atoms with E-state index >= 15 is 0 Å². The predicted molar refractivity (Wildman–Crippen MR) is 31.0 cm³/mol. The van der Waals surface area contributed by atoms with Crippen molar-refractivity contribution in [2.75, 3.05) is 0 Å². The standard InChI is InChI=1S/C4H5BrO3/c1-2(6)3(5)4(7)8/h3H,1H3,(H,7,8). The van der Waals surface area contributed by atoms with Crippen molar-refractivity contribution in [1.82, 2.24) is 0 Å². The number of carbonyl (C=O) groups is 2. The predicted octanol–water partition coefficient (Wildman–Crippen LogP) is 0.423. The first-order valence-electron chi connectivity index (χ1n) is 1.93. The molecule has 0 saturated heterocycles. The van der Waals surface area contributed by atoms with E-state index in [-0.39, 0.29) is 0 Å². The highest BCUT2D eigenvalue weighted by molar-refractivity contribution is 9.10. The van der Waals surface area contributed by atoms with Crippen molar-refractivity contribution in [2.24, 2.45) is 0 Å². The van der Waals surface area contributed by atoms with Gasteiger partial charge in [0.15, 0.2) is 10.6 Å². The summed E-state index contributed by atoms with van der Waals surface area (Å²) < 4.78 is 0. The number of ketones is 1. The lowest BCUT2D eigenvalue weighted by Crippen LogP contribution is -2.20. The van der Waals surface area contributed by atoms with Gasteiger partial charge in [-0.15, -0.1) is 0 Å². The van der Waals surface area contributed by atoms with Gasteiger partial charge in [-0.3, -0.25) is 9.59 Å². The fourth-order valence-corrected chi connectivity index (χ4v) is 0.174. The van der Waals surface area contributed by atoms with Crippen LogP contribution >= 0.6 is 15.9 Å². The van der Waals surface area contributed by atoms with Crippen LogP contribution in [-0.4, -0.2) is 21.7 Å². The molecule has 8 heavy (non-hydrogen) atoms. The maximum absolute atomic E-state index is 10.2. The number of aliphatic carboxylic acids is 1. The lowest BCUT2D eigenvalue weighted by atomic mass is 10.3. The van der Waals surface area contributed by atoms with E-state index in [0.717, 1.165) is 0 Å². The van der Waals surface area contributed by atoms with E-state index in [1.54, 1.807) is 0 Å². The molecule has 0 heterocycles. The van der Waals surface area contributed by atoms with Crippen molar-refractivity contribution in [3.05, 3.63) is 0 Å². The minimum atomic E-state index is -1.14. The van der Waals surface area contributed by atoms with E-state index in [4.69, 9.17) is 5.11 Å². The number of Topliss-reactive ketones (excluding diaryl/α,β-unsaturated/α-hetero) is 1. The maximum Gasteiger partial charge on any atom is 0.324 e. The Kier molecular flexibility index (Phi) is 2.68. The average molecular weight is 181 g/mol. The van der Waals surface area contributed by atoms with E-state index in [1.165, 1.54) is 6.92 Å². The van der Waals surface area contributed by atoms with Crippen molar-refractivity contribution < 1.29 is 14.7 Å². The molecule has 0 aliphatic carbocycles. The Morgan fingerprint density at radius 1 is 1.62 bits per heavy atom. The van der Waals surface area contributed by atoms with Crippen LogP contribution in [0.1, 0.15) is 6.92 Å². The van der Waals surface area contributed by atoms with Gasteiger partial charge in [-0.05, 0) is 6.92 Å². The van der Waals surface area contributed by atoms with Crippen LogP contribution in [0, 0.1) is 0 Å². The Morgan fingerprint density at radius 2 is 2.00 bits per heavy atom. The van der Waals surface area contributed by atoms with Gasteiger partial charge >= 0.3 is 5.97 Å². The minimum Gasteiger partial charge on any atom is -0.480 e. The minimum absolute atomic E-state index is 0.391. The van der Waals surface area contributed by atoms with Crippen LogP contribution in [0.5, 0.6) is 0 Å². The first-order chi connectivity index (χ1) is 3.55. The number of alkyl halides is 1. The topological polar surface area (TPSA) is 54.4 Å². The van der Waals surface area contributed by atoms with E-state index in [9.17, 15) is 9.59 Å². The second-order valence-electron chi connectivity index (χ2n) is 1.31. The normalized spacial score (nSPS) is 12.8. The molecule has 46 valence electrons. The Hall–Kier alpha value is -0.380. The summed E-state index contributed by atoms with van der Waals surface area (Å²) in [6.45, 7) is 1.22. The molecule has 0 rings (SSSR count). The summed E-state index contributed by atoms with van der Waals surface area (Å²) in [6, 6.07) is 0. The maximum atomic E-state index is 10.2. The van der Waals surface area contributed by atoms with Gasteiger partial charge < -0.3 is 5.11 Å². The van der Waals surface area contributed by atoms with Gasteiger partial charge in [0.05, 0.1) is 0 Å². The fourth-order valence-electron chi connectivity index (χ4n) is 0.174. The highest BCUT2D eigenvalue weighted by Gasteiger charge is 2.16. The number of hydrogen-bond donors (Lipinski definition) is 1.